The maximum absolute atomic E-state index is 12.9. The number of hydrogen-bond donors (Lipinski definition) is 1. The minimum absolute atomic E-state index is 0.153. The van der Waals surface area contributed by atoms with Gasteiger partial charge in [-0.15, -0.1) is 11.3 Å². The Bertz CT molecular complexity index is 841. The van der Waals surface area contributed by atoms with E-state index in [0.717, 1.165) is 13.1 Å². The molecule has 11 heteroatoms. The van der Waals surface area contributed by atoms with Gasteiger partial charge in [-0.3, -0.25) is 9.69 Å². The number of hydrogen-bond acceptors (Lipinski definition) is 7. The highest BCUT2D eigenvalue weighted by molar-refractivity contribution is 7.91. The molecule has 0 radical (unpaired) electrons. The van der Waals surface area contributed by atoms with E-state index in [4.69, 9.17) is 0 Å². The van der Waals surface area contributed by atoms with Gasteiger partial charge in [0.05, 0.1) is 6.67 Å². The van der Waals surface area contributed by atoms with Crippen LogP contribution in [0.15, 0.2) is 21.7 Å². The lowest BCUT2D eigenvalue weighted by molar-refractivity contribution is -0.134. The summed E-state index contributed by atoms with van der Waals surface area (Å²) in [4.78, 5) is 30.8. The third-order valence-electron chi connectivity index (χ3n) is 5.85. The van der Waals surface area contributed by atoms with Crippen molar-refractivity contribution in [3.05, 3.63) is 17.5 Å². The van der Waals surface area contributed by atoms with E-state index in [1.165, 1.54) is 20.5 Å². The van der Waals surface area contributed by atoms with Gasteiger partial charge in [0.1, 0.15) is 9.75 Å². The average molecular weight is 428 g/mol. The highest BCUT2D eigenvalue weighted by Gasteiger charge is 2.52. The molecule has 9 nitrogen and oxygen atoms in total. The molecule has 3 aliphatic heterocycles. The van der Waals surface area contributed by atoms with Crippen molar-refractivity contribution >= 4 is 33.3 Å². The standard InChI is InChI=1S/C17H25N5O4S2/c1-19-6-4-17(5-7-19)15(23)22(16(24)18-17)13-20-8-10-21(11-9-20)28(25,26)14-3-2-12-27-14/h2-3,12H,4-11,13H2,1H3,(H,18,24). The first kappa shape index (κ1) is 19.8. The number of urea groups is 1. The van der Waals surface area contributed by atoms with Crippen molar-refractivity contribution in [2.75, 3.05) is 53.0 Å². The summed E-state index contributed by atoms with van der Waals surface area (Å²) in [6.45, 7) is 3.42. The molecule has 1 spiro atoms. The lowest BCUT2D eigenvalue weighted by Crippen LogP contribution is -2.55. The molecule has 4 rings (SSSR count). The smallest absolute Gasteiger partial charge is 0.323 e. The number of piperidine rings is 1. The molecule has 0 unspecified atom stereocenters. The quantitative estimate of drug-likeness (QED) is 0.682. The van der Waals surface area contributed by atoms with Gasteiger partial charge in [-0.2, -0.15) is 4.31 Å². The minimum atomic E-state index is -3.46. The number of sulfonamides is 1. The van der Waals surface area contributed by atoms with Crippen LogP contribution >= 0.6 is 11.3 Å². The first-order valence-corrected chi connectivity index (χ1v) is 11.7. The van der Waals surface area contributed by atoms with Gasteiger partial charge in [0, 0.05) is 39.3 Å². The lowest BCUT2D eigenvalue weighted by atomic mass is 9.88. The SMILES string of the molecule is CN1CCC2(CC1)NC(=O)N(CN1CCN(S(=O)(=O)c3cccs3)CC1)C2=O. The Morgan fingerprint density at radius 1 is 1.11 bits per heavy atom. The van der Waals surface area contributed by atoms with Crippen molar-refractivity contribution < 1.29 is 18.0 Å². The van der Waals surface area contributed by atoms with Crippen LogP contribution in [0, 0.1) is 0 Å². The topological polar surface area (TPSA) is 93.3 Å². The predicted molar refractivity (Wildman–Crippen MR) is 104 cm³/mol. The molecular formula is C17H25N5O4S2. The van der Waals surface area contributed by atoms with Crippen molar-refractivity contribution in [3.8, 4) is 0 Å². The summed E-state index contributed by atoms with van der Waals surface area (Å²) in [6.07, 6.45) is 1.24. The highest BCUT2D eigenvalue weighted by atomic mass is 32.2. The van der Waals surface area contributed by atoms with E-state index in [0.29, 0.717) is 43.2 Å². The molecular weight excluding hydrogens is 402 g/mol. The number of imide groups is 1. The van der Waals surface area contributed by atoms with E-state index in [-0.39, 0.29) is 18.6 Å². The zero-order chi connectivity index (χ0) is 19.9. The van der Waals surface area contributed by atoms with Gasteiger partial charge in [-0.25, -0.2) is 18.1 Å². The molecule has 28 heavy (non-hydrogen) atoms. The van der Waals surface area contributed by atoms with E-state index >= 15 is 0 Å². The molecule has 154 valence electrons. The van der Waals surface area contributed by atoms with Crippen molar-refractivity contribution in [3.63, 3.8) is 0 Å². The summed E-state index contributed by atoms with van der Waals surface area (Å²) in [6, 6.07) is 2.99. The molecule has 0 aliphatic carbocycles. The van der Waals surface area contributed by atoms with Crippen molar-refractivity contribution in [2.45, 2.75) is 22.6 Å². The fourth-order valence-electron chi connectivity index (χ4n) is 3.99. The molecule has 4 heterocycles. The molecule has 0 atom stereocenters. The normalized spacial score (nSPS) is 24.8. The zero-order valence-corrected chi connectivity index (χ0v) is 17.5. The van der Waals surface area contributed by atoms with Gasteiger partial charge in [-0.1, -0.05) is 6.07 Å². The Morgan fingerprint density at radius 3 is 2.39 bits per heavy atom. The third kappa shape index (κ3) is 3.45. The first-order valence-electron chi connectivity index (χ1n) is 9.40. The number of nitrogens with one attached hydrogen (secondary N) is 1. The third-order valence-corrected chi connectivity index (χ3v) is 9.12. The molecule has 0 saturated carbocycles. The second kappa shape index (κ2) is 7.38. The van der Waals surface area contributed by atoms with Crippen molar-refractivity contribution in [1.82, 2.24) is 24.3 Å². The second-order valence-electron chi connectivity index (χ2n) is 7.64. The molecule has 3 fully saturated rings. The molecule has 3 saturated heterocycles. The van der Waals surface area contributed by atoms with Crippen molar-refractivity contribution in [1.29, 1.82) is 0 Å². The Labute approximate surface area is 168 Å². The summed E-state index contributed by atoms with van der Waals surface area (Å²) in [5.74, 6) is -0.153. The minimum Gasteiger partial charge on any atom is -0.323 e. The molecule has 1 N–H and O–H groups in total. The fraction of sp³-hybridized carbons (Fsp3) is 0.647. The molecule has 0 bridgehead atoms. The Morgan fingerprint density at radius 2 is 1.79 bits per heavy atom. The van der Waals surface area contributed by atoms with Crippen molar-refractivity contribution in [2.24, 2.45) is 0 Å². The molecule has 1 aromatic heterocycles. The Hall–Kier alpha value is -1.53. The first-order chi connectivity index (χ1) is 13.3. The zero-order valence-electron chi connectivity index (χ0n) is 15.8. The monoisotopic (exact) mass is 427 g/mol. The van der Waals surface area contributed by atoms with Gasteiger partial charge >= 0.3 is 6.03 Å². The van der Waals surface area contributed by atoms with Gasteiger partial charge in [0.15, 0.2) is 0 Å². The van der Waals surface area contributed by atoms with E-state index in [9.17, 15) is 18.0 Å². The summed E-state index contributed by atoms with van der Waals surface area (Å²) >= 11 is 1.21. The number of thiophene rings is 1. The van der Waals surface area contributed by atoms with E-state index < -0.39 is 15.6 Å². The number of rotatable bonds is 4. The van der Waals surface area contributed by atoms with Crippen LogP contribution in [0.2, 0.25) is 0 Å². The number of carbonyl (C=O) groups excluding carboxylic acids is 2. The van der Waals surface area contributed by atoms with Crippen LogP contribution in [0.25, 0.3) is 0 Å². The highest BCUT2D eigenvalue weighted by Crippen LogP contribution is 2.29. The predicted octanol–water partition coefficient (Wildman–Crippen LogP) is 0.0281. The average Bonchev–Trinajstić information content (AvgIpc) is 3.29. The van der Waals surface area contributed by atoms with Crippen LogP contribution in [-0.4, -0.2) is 97.9 Å². The number of amides is 3. The fourth-order valence-corrected chi connectivity index (χ4v) is 6.56. The largest absolute Gasteiger partial charge is 0.326 e. The summed E-state index contributed by atoms with van der Waals surface area (Å²) in [5.41, 5.74) is -0.770. The van der Waals surface area contributed by atoms with Gasteiger partial charge < -0.3 is 10.2 Å². The maximum atomic E-state index is 12.9. The van der Waals surface area contributed by atoms with Crippen LogP contribution in [0.4, 0.5) is 4.79 Å². The van der Waals surface area contributed by atoms with Crippen LogP contribution in [-0.2, 0) is 14.8 Å². The second-order valence-corrected chi connectivity index (χ2v) is 10.8. The summed E-state index contributed by atoms with van der Waals surface area (Å²) in [7, 11) is -1.45. The van der Waals surface area contributed by atoms with E-state index in [2.05, 4.69) is 10.2 Å². The molecule has 3 amide bonds. The summed E-state index contributed by atoms with van der Waals surface area (Å²) < 4.78 is 27.1. The van der Waals surface area contributed by atoms with Gasteiger partial charge in [-0.05, 0) is 31.3 Å². The number of likely N-dealkylation sites (tertiary alicyclic amines) is 1. The van der Waals surface area contributed by atoms with Gasteiger partial charge in [0.2, 0.25) is 0 Å². The maximum Gasteiger partial charge on any atom is 0.326 e. The molecule has 1 aromatic rings. The van der Waals surface area contributed by atoms with Crippen LogP contribution < -0.4 is 5.32 Å². The lowest BCUT2D eigenvalue weighted by Gasteiger charge is -2.36. The number of carbonyl (C=O) groups is 2. The van der Waals surface area contributed by atoms with Crippen LogP contribution in [0.1, 0.15) is 12.8 Å². The van der Waals surface area contributed by atoms with Crippen LogP contribution in [0.3, 0.4) is 0 Å². The number of piperazine rings is 1. The summed E-state index contributed by atoms with van der Waals surface area (Å²) in [5, 5.41) is 4.66. The Kier molecular flexibility index (Phi) is 5.21. The molecule has 3 aliphatic rings. The van der Waals surface area contributed by atoms with E-state index in [1.807, 2.05) is 11.9 Å². The Balaban J connectivity index is 1.36. The molecule has 0 aromatic carbocycles. The number of nitrogens with zero attached hydrogens (tertiary/aromatic N) is 4. The van der Waals surface area contributed by atoms with Gasteiger partial charge in [0.25, 0.3) is 15.9 Å². The van der Waals surface area contributed by atoms with E-state index in [1.54, 1.807) is 17.5 Å². The van der Waals surface area contributed by atoms with Crippen LogP contribution in [0.5, 0.6) is 0 Å².